The van der Waals surface area contributed by atoms with Crippen molar-refractivity contribution in [3.05, 3.63) is 11.8 Å². The van der Waals surface area contributed by atoms with Crippen molar-refractivity contribution in [3.63, 3.8) is 0 Å². The van der Waals surface area contributed by atoms with Crippen LogP contribution in [0.1, 0.15) is 32.4 Å². The van der Waals surface area contributed by atoms with Gasteiger partial charge in [-0.25, -0.2) is 4.98 Å². The molecule has 6 heteroatoms. The van der Waals surface area contributed by atoms with Gasteiger partial charge in [0.05, 0.1) is 19.6 Å². The maximum atomic E-state index is 11.2. The van der Waals surface area contributed by atoms with E-state index in [0.717, 1.165) is 12.1 Å². The molecule has 0 aliphatic carbocycles. The molecule has 0 saturated heterocycles. The summed E-state index contributed by atoms with van der Waals surface area (Å²) in [6, 6.07) is 1.78. The van der Waals surface area contributed by atoms with Crippen LogP contribution in [0.4, 0.5) is 5.95 Å². The van der Waals surface area contributed by atoms with Crippen LogP contribution >= 0.6 is 0 Å². The molecule has 0 aliphatic rings. The lowest BCUT2D eigenvalue weighted by Crippen LogP contribution is -2.13. The molecule has 1 N–H and O–H groups in total. The first-order valence-electron chi connectivity index (χ1n) is 6.53. The van der Waals surface area contributed by atoms with E-state index in [-0.39, 0.29) is 12.4 Å². The van der Waals surface area contributed by atoms with Crippen molar-refractivity contribution in [2.45, 2.75) is 33.6 Å². The molecule has 0 bridgehead atoms. The van der Waals surface area contributed by atoms with Gasteiger partial charge < -0.3 is 14.8 Å². The number of carbonyl (C=O) groups excluding carboxylic acids is 1. The molecule has 1 aromatic rings. The van der Waals surface area contributed by atoms with Crippen molar-refractivity contribution < 1.29 is 14.3 Å². The zero-order valence-electron chi connectivity index (χ0n) is 11.7. The highest BCUT2D eigenvalue weighted by atomic mass is 16.5. The van der Waals surface area contributed by atoms with Gasteiger partial charge in [-0.2, -0.15) is 4.98 Å². The number of aryl methyl sites for hydroxylation is 1. The molecular weight excluding hydrogens is 246 g/mol. The highest BCUT2D eigenvalue weighted by molar-refractivity contribution is 5.69. The molecule has 0 aromatic carbocycles. The van der Waals surface area contributed by atoms with Gasteiger partial charge in [-0.1, -0.05) is 6.92 Å². The number of carbonyl (C=O) groups is 1. The molecule has 6 nitrogen and oxygen atoms in total. The number of anilines is 1. The third-order valence-electron chi connectivity index (χ3n) is 2.20. The molecule has 0 unspecified atom stereocenters. The first-order valence-corrected chi connectivity index (χ1v) is 6.53. The Morgan fingerprint density at radius 2 is 2.16 bits per heavy atom. The minimum absolute atomic E-state index is 0.231. The Kier molecular flexibility index (Phi) is 6.63. The lowest BCUT2D eigenvalue weighted by molar-refractivity contribution is -0.142. The highest BCUT2D eigenvalue weighted by Crippen LogP contribution is 2.12. The van der Waals surface area contributed by atoms with E-state index in [2.05, 4.69) is 15.3 Å². The second-order valence-electron chi connectivity index (χ2n) is 4.00. The van der Waals surface area contributed by atoms with Crippen LogP contribution in [0.5, 0.6) is 5.88 Å². The van der Waals surface area contributed by atoms with Crippen LogP contribution < -0.4 is 10.1 Å². The topological polar surface area (TPSA) is 73.3 Å². The summed E-state index contributed by atoms with van der Waals surface area (Å²) in [5.41, 5.74) is 0.819. The van der Waals surface area contributed by atoms with Crippen molar-refractivity contribution >= 4 is 11.9 Å². The first kappa shape index (κ1) is 15.2. The van der Waals surface area contributed by atoms with Crippen molar-refractivity contribution in [2.75, 3.05) is 25.1 Å². The zero-order valence-corrected chi connectivity index (χ0v) is 11.7. The fourth-order valence-corrected chi connectivity index (χ4v) is 1.41. The summed E-state index contributed by atoms with van der Waals surface area (Å²) in [4.78, 5) is 19.6. The Bertz CT molecular complexity index is 410. The van der Waals surface area contributed by atoms with Gasteiger partial charge in [0.1, 0.15) is 0 Å². The van der Waals surface area contributed by atoms with Gasteiger partial charge in [-0.3, -0.25) is 4.79 Å². The maximum Gasteiger partial charge on any atom is 0.307 e. The maximum absolute atomic E-state index is 11.2. The normalized spacial score (nSPS) is 10.1. The van der Waals surface area contributed by atoms with Gasteiger partial charge in [0.25, 0.3) is 0 Å². The standard InChI is InChI=1S/C13H21N3O3/c1-4-8-19-11-9-10(3)15-13(16-11)14-7-6-12(17)18-5-2/h9H,4-8H2,1-3H3,(H,14,15,16). The lowest BCUT2D eigenvalue weighted by Gasteiger charge is -2.08. The number of rotatable bonds is 8. The smallest absolute Gasteiger partial charge is 0.307 e. The first-order chi connectivity index (χ1) is 9.15. The van der Waals surface area contributed by atoms with Crippen LogP contribution in [-0.2, 0) is 9.53 Å². The zero-order chi connectivity index (χ0) is 14.1. The molecule has 0 spiro atoms. The fourth-order valence-electron chi connectivity index (χ4n) is 1.41. The summed E-state index contributed by atoms with van der Waals surface area (Å²) in [5, 5.41) is 2.99. The van der Waals surface area contributed by atoms with Crippen LogP contribution in [0.15, 0.2) is 6.07 Å². The third kappa shape index (κ3) is 6.03. The van der Waals surface area contributed by atoms with Crippen LogP contribution in [0.2, 0.25) is 0 Å². The molecule has 0 saturated carbocycles. The van der Waals surface area contributed by atoms with Crippen LogP contribution in [0.3, 0.4) is 0 Å². The molecule has 19 heavy (non-hydrogen) atoms. The Hall–Kier alpha value is -1.85. The minimum atomic E-state index is -0.231. The molecule has 106 valence electrons. The number of aromatic nitrogens is 2. The average molecular weight is 267 g/mol. The molecule has 0 amide bonds. The van der Waals surface area contributed by atoms with E-state index in [0.29, 0.717) is 31.6 Å². The number of ether oxygens (including phenoxy) is 2. The van der Waals surface area contributed by atoms with Gasteiger partial charge in [0.15, 0.2) is 0 Å². The molecule has 1 aromatic heterocycles. The SMILES string of the molecule is CCCOc1cc(C)nc(NCCC(=O)OCC)n1. The number of hydrogen-bond donors (Lipinski definition) is 1. The third-order valence-corrected chi connectivity index (χ3v) is 2.20. The van der Waals surface area contributed by atoms with E-state index in [1.807, 2.05) is 13.8 Å². The van der Waals surface area contributed by atoms with E-state index < -0.39 is 0 Å². The van der Waals surface area contributed by atoms with Crippen molar-refractivity contribution in [1.82, 2.24) is 9.97 Å². The summed E-state index contributed by atoms with van der Waals surface area (Å²) in [6.07, 6.45) is 1.21. The molecule has 1 rings (SSSR count). The van der Waals surface area contributed by atoms with E-state index >= 15 is 0 Å². The number of nitrogens with one attached hydrogen (secondary N) is 1. The van der Waals surface area contributed by atoms with E-state index in [9.17, 15) is 4.79 Å². The average Bonchev–Trinajstić information content (AvgIpc) is 2.36. The van der Waals surface area contributed by atoms with E-state index in [1.54, 1.807) is 13.0 Å². The van der Waals surface area contributed by atoms with Crippen LogP contribution in [0, 0.1) is 6.92 Å². The second-order valence-corrected chi connectivity index (χ2v) is 4.00. The van der Waals surface area contributed by atoms with Crippen molar-refractivity contribution in [2.24, 2.45) is 0 Å². The largest absolute Gasteiger partial charge is 0.478 e. The Balaban J connectivity index is 2.48. The summed E-state index contributed by atoms with van der Waals surface area (Å²) in [5.74, 6) is 0.786. The molecule has 0 atom stereocenters. The fraction of sp³-hybridized carbons (Fsp3) is 0.615. The summed E-state index contributed by atoms with van der Waals surface area (Å²) in [7, 11) is 0. The van der Waals surface area contributed by atoms with E-state index in [4.69, 9.17) is 9.47 Å². The van der Waals surface area contributed by atoms with Crippen molar-refractivity contribution in [3.8, 4) is 5.88 Å². The Morgan fingerprint density at radius 1 is 1.37 bits per heavy atom. The van der Waals surface area contributed by atoms with E-state index in [1.165, 1.54) is 0 Å². The highest BCUT2D eigenvalue weighted by Gasteiger charge is 2.05. The lowest BCUT2D eigenvalue weighted by atomic mass is 10.4. The minimum Gasteiger partial charge on any atom is -0.478 e. The van der Waals surface area contributed by atoms with Crippen LogP contribution in [0.25, 0.3) is 0 Å². The van der Waals surface area contributed by atoms with Crippen LogP contribution in [-0.4, -0.2) is 35.7 Å². The van der Waals surface area contributed by atoms with Gasteiger partial charge in [0, 0.05) is 18.3 Å². The monoisotopic (exact) mass is 267 g/mol. The predicted octanol–water partition coefficient (Wildman–Crippen LogP) is 1.94. The summed E-state index contributed by atoms with van der Waals surface area (Å²) < 4.78 is 10.3. The molecule has 0 aliphatic heterocycles. The van der Waals surface area contributed by atoms with Gasteiger partial charge in [-0.15, -0.1) is 0 Å². The summed E-state index contributed by atoms with van der Waals surface area (Å²) in [6.45, 7) is 7.15. The number of nitrogens with zero attached hydrogens (tertiary/aromatic N) is 2. The van der Waals surface area contributed by atoms with Crippen molar-refractivity contribution in [1.29, 1.82) is 0 Å². The molecule has 0 radical (unpaired) electrons. The quantitative estimate of drug-likeness (QED) is 0.726. The second kappa shape index (κ2) is 8.29. The molecule has 1 heterocycles. The van der Waals surface area contributed by atoms with Gasteiger partial charge >= 0.3 is 5.97 Å². The number of esters is 1. The van der Waals surface area contributed by atoms with Gasteiger partial charge in [0.2, 0.25) is 11.8 Å². The molecule has 0 fully saturated rings. The molecular formula is C13H21N3O3. The number of hydrogen-bond acceptors (Lipinski definition) is 6. The Morgan fingerprint density at radius 3 is 2.84 bits per heavy atom. The Labute approximate surface area is 113 Å². The van der Waals surface area contributed by atoms with Gasteiger partial charge in [-0.05, 0) is 20.3 Å². The predicted molar refractivity (Wildman–Crippen MR) is 72.3 cm³/mol. The summed E-state index contributed by atoms with van der Waals surface area (Å²) >= 11 is 0.